The van der Waals surface area contributed by atoms with E-state index in [2.05, 4.69) is 10.4 Å². The van der Waals surface area contributed by atoms with Crippen LogP contribution < -0.4 is 11.1 Å². The van der Waals surface area contributed by atoms with Gasteiger partial charge in [-0.3, -0.25) is 4.79 Å². The van der Waals surface area contributed by atoms with Gasteiger partial charge in [-0.2, -0.15) is 18.3 Å². The van der Waals surface area contributed by atoms with E-state index in [1.54, 1.807) is 31.2 Å². The molecule has 2 aromatic rings. The number of hydrogen-bond acceptors (Lipinski definition) is 3. The molecule has 140 valence electrons. The maximum atomic E-state index is 13.7. The first kappa shape index (κ1) is 18.4. The first-order valence-corrected chi connectivity index (χ1v) is 8.55. The number of aryl methyl sites for hydroxylation is 1. The van der Waals surface area contributed by atoms with Crippen LogP contribution in [0.3, 0.4) is 0 Å². The summed E-state index contributed by atoms with van der Waals surface area (Å²) in [7, 11) is 0. The number of halogens is 3. The van der Waals surface area contributed by atoms with Gasteiger partial charge < -0.3 is 11.1 Å². The van der Waals surface area contributed by atoms with Crippen molar-refractivity contribution in [1.29, 1.82) is 0 Å². The van der Waals surface area contributed by atoms with Crippen LogP contribution in [0.25, 0.3) is 5.69 Å². The van der Waals surface area contributed by atoms with E-state index in [0.29, 0.717) is 17.8 Å². The van der Waals surface area contributed by atoms with E-state index < -0.39 is 23.3 Å². The van der Waals surface area contributed by atoms with Crippen LogP contribution in [0.4, 0.5) is 13.2 Å². The molecular weight excluding hydrogens is 345 g/mol. The minimum Gasteiger partial charge on any atom is -0.349 e. The molecule has 5 nitrogen and oxygen atoms in total. The molecule has 0 saturated heterocycles. The Labute approximate surface area is 149 Å². The van der Waals surface area contributed by atoms with E-state index in [4.69, 9.17) is 5.73 Å². The van der Waals surface area contributed by atoms with E-state index in [9.17, 15) is 18.0 Å². The molecule has 1 aliphatic rings. The first-order chi connectivity index (χ1) is 12.3. The maximum absolute atomic E-state index is 13.7. The average molecular weight is 366 g/mol. The van der Waals surface area contributed by atoms with Gasteiger partial charge in [-0.25, -0.2) is 4.68 Å². The predicted octanol–water partition coefficient (Wildman–Crippen LogP) is 3.06. The summed E-state index contributed by atoms with van der Waals surface area (Å²) in [6, 6.07) is 6.40. The summed E-state index contributed by atoms with van der Waals surface area (Å²) in [5, 5.41) is 6.58. The summed E-state index contributed by atoms with van der Waals surface area (Å²) in [4.78, 5) is 12.6. The van der Waals surface area contributed by atoms with Gasteiger partial charge in [0.05, 0.1) is 17.4 Å². The number of nitrogens with zero attached hydrogens (tertiary/aromatic N) is 2. The van der Waals surface area contributed by atoms with Gasteiger partial charge in [0, 0.05) is 6.04 Å². The number of para-hydroxylation sites is 1. The highest BCUT2D eigenvalue weighted by molar-refractivity contribution is 5.95. The molecule has 2 atom stereocenters. The highest BCUT2D eigenvalue weighted by atomic mass is 19.4. The van der Waals surface area contributed by atoms with Crippen LogP contribution in [-0.4, -0.2) is 28.3 Å². The largest absolute Gasteiger partial charge is 0.434 e. The number of alkyl halides is 3. The van der Waals surface area contributed by atoms with Crippen LogP contribution in [0.1, 0.15) is 40.9 Å². The van der Waals surface area contributed by atoms with Crippen LogP contribution in [0.5, 0.6) is 0 Å². The zero-order valence-corrected chi connectivity index (χ0v) is 14.4. The van der Waals surface area contributed by atoms with Crippen molar-refractivity contribution in [1.82, 2.24) is 15.1 Å². The van der Waals surface area contributed by atoms with Crippen molar-refractivity contribution in [2.45, 2.75) is 38.4 Å². The number of carbonyl (C=O) groups excluding carboxylic acids is 1. The number of nitrogens with one attached hydrogen (secondary N) is 1. The topological polar surface area (TPSA) is 72.9 Å². The molecule has 1 aliphatic carbocycles. The zero-order valence-electron chi connectivity index (χ0n) is 14.4. The Morgan fingerprint density at radius 1 is 1.35 bits per heavy atom. The summed E-state index contributed by atoms with van der Waals surface area (Å²) >= 11 is 0. The summed E-state index contributed by atoms with van der Waals surface area (Å²) < 4.78 is 41.9. The van der Waals surface area contributed by atoms with Gasteiger partial charge in [0.1, 0.15) is 0 Å². The monoisotopic (exact) mass is 366 g/mol. The predicted molar refractivity (Wildman–Crippen MR) is 91.0 cm³/mol. The molecule has 0 spiro atoms. The van der Waals surface area contributed by atoms with Gasteiger partial charge in [0.15, 0.2) is 5.69 Å². The molecule has 3 rings (SSSR count). The molecule has 2 unspecified atom stereocenters. The normalized spacial score (nSPS) is 20.3. The lowest BCUT2D eigenvalue weighted by atomic mass is 10.0. The number of amides is 1. The number of benzene rings is 1. The summed E-state index contributed by atoms with van der Waals surface area (Å²) in [5.74, 6) is -0.665. The fraction of sp³-hybridized carbons (Fsp3) is 0.444. The number of nitrogens with two attached hydrogens (primary N) is 1. The molecule has 1 fully saturated rings. The van der Waals surface area contributed by atoms with Gasteiger partial charge in [0.25, 0.3) is 5.91 Å². The van der Waals surface area contributed by atoms with Crippen molar-refractivity contribution in [3.8, 4) is 5.69 Å². The third-order valence-corrected chi connectivity index (χ3v) is 4.90. The smallest absolute Gasteiger partial charge is 0.349 e. The average Bonchev–Trinajstić information content (AvgIpc) is 3.21. The molecule has 0 bridgehead atoms. The molecule has 1 saturated carbocycles. The number of carbonyl (C=O) groups is 1. The van der Waals surface area contributed by atoms with Crippen molar-refractivity contribution >= 4 is 5.91 Å². The lowest BCUT2D eigenvalue weighted by Crippen LogP contribution is -2.40. The standard InChI is InChI=1S/C18H21F3N4O/c1-11-5-2-3-8-15(11)25-16(18(19,20)21)13(10-23-25)17(26)24-14-7-4-6-12(14)9-22/h2-3,5,8,10,12,14H,4,6-7,9,22H2,1H3,(H,24,26). The van der Waals surface area contributed by atoms with E-state index in [1.807, 2.05) is 0 Å². The van der Waals surface area contributed by atoms with Crippen LogP contribution in [-0.2, 0) is 6.18 Å². The Balaban J connectivity index is 1.98. The Morgan fingerprint density at radius 2 is 2.08 bits per heavy atom. The van der Waals surface area contributed by atoms with Crippen LogP contribution in [0.15, 0.2) is 30.5 Å². The summed E-state index contributed by atoms with van der Waals surface area (Å²) in [6.45, 7) is 2.10. The zero-order chi connectivity index (χ0) is 18.9. The van der Waals surface area contributed by atoms with Crippen LogP contribution >= 0.6 is 0 Å². The molecule has 1 heterocycles. The molecule has 3 N–H and O–H groups in total. The van der Waals surface area contributed by atoms with E-state index in [-0.39, 0.29) is 12.0 Å². The van der Waals surface area contributed by atoms with Crippen molar-refractivity contribution in [3.05, 3.63) is 47.3 Å². The Bertz CT molecular complexity index is 800. The lowest BCUT2D eigenvalue weighted by Gasteiger charge is -2.20. The second kappa shape index (κ2) is 7.11. The first-order valence-electron chi connectivity index (χ1n) is 8.55. The minimum atomic E-state index is -4.71. The van der Waals surface area contributed by atoms with Gasteiger partial charge >= 0.3 is 6.18 Å². The van der Waals surface area contributed by atoms with Crippen LogP contribution in [0, 0.1) is 12.8 Å². The quantitative estimate of drug-likeness (QED) is 0.874. The number of hydrogen-bond donors (Lipinski definition) is 2. The number of aromatic nitrogens is 2. The van der Waals surface area contributed by atoms with Gasteiger partial charge in [-0.15, -0.1) is 0 Å². The minimum absolute atomic E-state index is 0.0969. The van der Waals surface area contributed by atoms with Crippen molar-refractivity contribution in [3.63, 3.8) is 0 Å². The SMILES string of the molecule is Cc1ccccc1-n1ncc(C(=O)NC2CCCC2CN)c1C(F)(F)F. The Hall–Kier alpha value is -2.35. The Kier molecular flexibility index (Phi) is 5.04. The second-order valence-electron chi connectivity index (χ2n) is 6.61. The highest BCUT2D eigenvalue weighted by Crippen LogP contribution is 2.34. The molecule has 26 heavy (non-hydrogen) atoms. The molecule has 0 radical (unpaired) electrons. The fourth-order valence-corrected chi connectivity index (χ4v) is 3.53. The number of rotatable bonds is 4. The molecule has 0 aliphatic heterocycles. The van der Waals surface area contributed by atoms with Gasteiger partial charge in [0.2, 0.25) is 0 Å². The molecule has 8 heteroatoms. The molecule has 1 amide bonds. The third kappa shape index (κ3) is 3.46. The molecule has 1 aromatic carbocycles. The van der Waals surface area contributed by atoms with Crippen molar-refractivity contribution in [2.24, 2.45) is 11.7 Å². The maximum Gasteiger partial charge on any atom is 0.434 e. The summed E-state index contributed by atoms with van der Waals surface area (Å²) in [5.41, 5.74) is 5.08. The van der Waals surface area contributed by atoms with E-state index >= 15 is 0 Å². The fourth-order valence-electron chi connectivity index (χ4n) is 3.53. The highest BCUT2D eigenvalue weighted by Gasteiger charge is 2.41. The second-order valence-corrected chi connectivity index (χ2v) is 6.61. The van der Waals surface area contributed by atoms with Crippen LogP contribution in [0.2, 0.25) is 0 Å². The van der Waals surface area contributed by atoms with Crippen molar-refractivity contribution < 1.29 is 18.0 Å². The van der Waals surface area contributed by atoms with Gasteiger partial charge in [-0.1, -0.05) is 24.6 Å². The summed E-state index contributed by atoms with van der Waals surface area (Å²) in [6.07, 6.45) is -1.23. The Morgan fingerprint density at radius 3 is 2.73 bits per heavy atom. The van der Waals surface area contributed by atoms with Gasteiger partial charge in [-0.05, 0) is 43.9 Å². The molecular formula is C18H21F3N4O. The lowest BCUT2D eigenvalue weighted by molar-refractivity contribution is -0.143. The van der Waals surface area contributed by atoms with E-state index in [1.165, 1.54) is 0 Å². The molecule has 1 aromatic heterocycles. The van der Waals surface area contributed by atoms with E-state index in [0.717, 1.165) is 30.1 Å². The van der Waals surface area contributed by atoms with Crippen molar-refractivity contribution in [2.75, 3.05) is 6.54 Å². The third-order valence-electron chi connectivity index (χ3n) is 4.90.